The van der Waals surface area contributed by atoms with Crippen LogP contribution in [-0.4, -0.2) is 107 Å². The Kier molecular flexibility index (Phi) is 9.20. The fourth-order valence-corrected chi connectivity index (χ4v) is 4.49. The topological polar surface area (TPSA) is 83.6 Å². The van der Waals surface area contributed by atoms with E-state index in [2.05, 4.69) is 22.2 Å². The molecule has 0 saturated carbocycles. The number of piperazine rings is 1. The number of carbonyl (C=O) groups excluding carboxylic acids is 2. The van der Waals surface area contributed by atoms with Crippen molar-refractivity contribution in [1.29, 1.82) is 0 Å². The minimum Gasteiger partial charge on any atom is -0.493 e. The molecule has 3 rings (SSSR count). The van der Waals surface area contributed by atoms with E-state index >= 15 is 0 Å². The maximum Gasteiger partial charge on any atom is 0.254 e. The van der Waals surface area contributed by atoms with E-state index < -0.39 is 0 Å². The zero-order valence-electron chi connectivity index (χ0n) is 20.4. The van der Waals surface area contributed by atoms with Gasteiger partial charge in [0.1, 0.15) is 0 Å². The van der Waals surface area contributed by atoms with Crippen molar-refractivity contribution in [3.8, 4) is 17.2 Å². The molecule has 9 heteroatoms. The molecule has 2 aliphatic rings. The molecule has 0 unspecified atom stereocenters. The summed E-state index contributed by atoms with van der Waals surface area (Å²) in [6, 6.07) is 3.37. The summed E-state index contributed by atoms with van der Waals surface area (Å²) in [5.41, 5.74) is 0.504. The minimum absolute atomic E-state index is 0.0654. The molecule has 2 aliphatic heterocycles. The number of rotatable bonds is 9. The maximum atomic E-state index is 13.1. The van der Waals surface area contributed by atoms with Gasteiger partial charge in [-0.1, -0.05) is 0 Å². The van der Waals surface area contributed by atoms with E-state index in [9.17, 15) is 9.59 Å². The number of benzene rings is 1. The first-order chi connectivity index (χ1) is 15.9. The summed E-state index contributed by atoms with van der Waals surface area (Å²) >= 11 is 0. The Morgan fingerprint density at radius 1 is 0.939 bits per heavy atom. The first-order valence-electron chi connectivity index (χ1n) is 11.7. The normalized spacial score (nSPS) is 18.1. The summed E-state index contributed by atoms with van der Waals surface area (Å²) in [4.78, 5) is 32.0. The van der Waals surface area contributed by atoms with Crippen molar-refractivity contribution in [2.24, 2.45) is 5.92 Å². The molecule has 0 spiro atoms. The first kappa shape index (κ1) is 25.1. The molecule has 1 aromatic rings. The van der Waals surface area contributed by atoms with Crippen molar-refractivity contribution in [3.05, 3.63) is 17.7 Å². The van der Waals surface area contributed by atoms with Gasteiger partial charge in [-0.2, -0.15) is 0 Å². The van der Waals surface area contributed by atoms with Gasteiger partial charge in [-0.3, -0.25) is 14.5 Å². The molecule has 33 heavy (non-hydrogen) atoms. The predicted octanol–water partition coefficient (Wildman–Crippen LogP) is 1.32. The molecule has 2 heterocycles. The second kappa shape index (κ2) is 12.1. The van der Waals surface area contributed by atoms with Crippen LogP contribution in [0.3, 0.4) is 0 Å². The molecule has 0 atom stereocenters. The maximum absolute atomic E-state index is 13.1. The quantitative estimate of drug-likeness (QED) is 0.593. The number of nitrogens with one attached hydrogen (secondary N) is 1. The molecule has 184 valence electrons. The van der Waals surface area contributed by atoms with Crippen LogP contribution in [0.15, 0.2) is 12.1 Å². The van der Waals surface area contributed by atoms with Crippen LogP contribution in [0, 0.1) is 5.92 Å². The summed E-state index contributed by atoms with van der Waals surface area (Å²) in [5, 5.41) is 3.07. The first-order valence-corrected chi connectivity index (χ1v) is 11.7. The van der Waals surface area contributed by atoms with Gasteiger partial charge >= 0.3 is 0 Å². The highest BCUT2D eigenvalue weighted by atomic mass is 16.5. The van der Waals surface area contributed by atoms with Gasteiger partial charge in [0.15, 0.2) is 11.5 Å². The number of likely N-dealkylation sites (tertiary alicyclic amines) is 1. The van der Waals surface area contributed by atoms with Crippen LogP contribution >= 0.6 is 0 Å². The molecule has 2 amide bonds. The Labute approximate surface area is 196 Å². The van der Waals surface area contributed by atoms with Crippen LogP contribution in [0.2, 0.25) is 0 Å². The lowest BCUT2D eigenvalue weighted by atomic mass is 9.93. The molecule has 0 radical (unpaired) electrons. The molecular formula is C24H38N4O5. The van der Waals surface area contributed by atoms with Crippen LogP contribution in [-0.2, 0) is 4.79 Å². The van der Waals surface area contributed by atoms with Gasteiger partial charge < -0.3 is 29.3 Å². The molecule has 0 aromatic heterocycles. The van der Waals surface area contributed by atoms with Crippen molar-refractivity contribution >= 4 is 11.8 Å². The second-order valence-corrected chi connectivity index (χ2v) is 8.85. The number of hydrogen-bond donors (Lipinski definition) is 1. The number of nitrogens with zero attached hydrogens (tertiary/aromatic N) is 3. The Hall–Kier alpha value is -2.52. The third-order valence-electron chi connectivity index (χ3n) is 6.63. The molecule has 9 nitrogen and oxygen atoms in total. The van der Waals surface area contributed by atoms with Crippen molar-refractivity contribution in [3.63, 3.8) is 0 Å². The Bertz CT molecular complexity index is 777. The SMILES string of the molecule is COc1cc(C(=O)N2CCC(CC(=O)NCCN3CCN(C)CC3)CC2)cc(OC)c1OC. The smallest absolute Gasteiger partial charge is 0.254 e. The van der Waals surface area contributed by atoms with E-state index in [1.165, 1.54) is 21.3 Å². The van der Waals surface area contributed by atoms with E-state index in [0.29, 0.717) is 54.8 Å². The molecule has 1 aromatic carbocycles. The highest BCUT2D eigenvalue weighted by Crippen LogP contribution is 2.38. The molecule has 2 fully saturated rings. The lowest BCUT2D eigenvalue weighted by Gasteiger charge is -2.33. The third-order valence-corrected chi connectivity index (χ3v) is 6.63. The summed E-state index contributed by atoms with van der Waals surface area (Å²) in [5.74, 6) is 1.74. The fourth-order valence-electron chi connectivity index (χ4n) is 4.49. The predicted molar refractivity (Wildman–Crippen MR) is 126 cm³/mol. The van der Waals surface area contributed by atoms with Gasteiger partial charge in [-0.15, -0.1) is 0 Å². The van der Waals surface area contributed by atoms with Crippen LogP contribution in [0.4, 0.5) is 0 Å². The van der Waals surface area contributed by atoms with E-state index in [4.69, 9.17) is 14.2 Å². The highest BCUT2D eigenvalue weighted by molar-refractivity contribution is 5.95. The average molecular weight is 463 g/mol. The van der Waals surface area contributed by atoms with E-state index in [-0.39, 0.29) is 11.8 Å². The summed E-state index contributed by atoms with van der Waals surface area (Å²) in [6.45, 7) is 7.16. The molecular weight excluding hydrogens is 424 g/mol. The highest BCUT2D eigenvalue weighted by Gasteiger charge is 2.27. The van der Waals surface area contributed by atoms with Crippen molar-refractivity contribution < 1.29 is 23.8 Å². The summed E-state index contributed by atoms with van der Waals surface area (Å²) in [6.07, 6.45) is 2.17. The van der Waals surface area contributed by atoms with Gasteiger partial charge in [0.2, 0.25) is 11.7 Å². The third kappa shape index (κ3) is 6.74. The molecule has 1 N–H and O–H groups in total. The van der Waals surface area contributed by atoms with Gasteiger partial charge in [-0.05, 0) is 37.9 Å². The Balaban J connectivity index is 1.44. The Morgan fingerprint density at radius 3 is 2.09 bits per heavy atom. The van der Waals surface area contributed by atoms with Crippen molar-refractivity contribution in [2.75, 3.05) is 80.7 Å². The molecule has 2 saturated heterocycles. The zero-order valence-corrected chi connectivity index (χ0v) is 20.4. The zero-order chi connectivity index (χ0) is 23.8. The van der Waals surface area contributed by atoms with Gasteiger partial charge in [-0.25, -0.2) is 0 Å². The number of amides is 2. The number of carbonyl (C=O) groups is 2. The summed E-state index contributed by atoms with van der Waals surface area (Å²) in [7, 11) is 6.75. The molecule has 0 aliphatic carbocycles. The van der Waals surface area contributed by atoms with E-state index in [0.717, 1.165) is 45.6 Å². The largest absolute Gasteiger partial charge is 0.493 e. The number of ether oxygens (including phenoxy) is 3. The Morgan fingerprint density at radius 2 is 1.55 bits per heavy atom. The van der Waals surface area contributed by atoms with Crippen molar-refractivity contribution in [2.45, 2.75) is 19.3 Å². The van der Waals surface area contributed by atoms with Crippen molar-refractivity contribution in [1.82, 2.24) is 20.0 Å². The van der Waals surface area contributed by atoms with Crippen LogP contribution < -0.4 is 19.5 Å². The number of likely N-dealkylation sites (N-methyl/N-ethyl adjacent to an activating group) is 1. The minimum atomic E-state index is -0.0654. The monoisotopic (exact) mass is 462 g/mol. The lowest BCUT2D eigenvalue weighted by molar-refractivity contribution is -0.122. The second-order valence-electron chi connectivity index (χ2n) is 8.85. The van der Waals surface area contributed by atoms with E-state index in [1.54, 1.807) is 12.1 Å². The number of methoxy groups -OCH3 is 3. The van der Waals surface area contributed by atoms with Gasteiger partial charge in [0.05, 0.1) is 21.3 Å². The number of piperidine rings is 1. The lowest BCUT2D eigenvalue weighted by Crippen LogP contribution is -2.47. The van der Waals surface area contributed by atoms with Gasteiger partial charge in [0.25, 0.3) is 5.91 Å². The van der Waals surface area contributed by atoms with Crippen LogP contribution in [0.1, 0.15) is 29.6 Å². The van der Waals surface area contributed by atoms with Gasteiger partial charge in [0, 0.05) is 64.3 Å². The fraction of sp³-hybridized carbons (Fsp3) is 0.667. The summed E-state index contributed by atoms with van der Waals surface area (Å²) < 4.78 is 16.1. The molecule has 0 bridgehead atoms. The average Bonchev–Trinajstić information content (AvgIpc) is 2.84. The van der Waals surface area contributed by atoms with Crippen LogP contribution in [0.25, 0.3) is 0 Å². The van der Waals surface area contributed by atoms with Crippen LogP contribution in [0.5, 0.6) is 17.2 Å². The number of hydrogen-bond acceptors (Lipinski definition) is 7. The standard InChI is InChI=1S/C24H38N4O5/c1-26-11-13-27(14-12-26)10-7-25-22(29)15-18-5-8-28(9-6-18)24(30)19-16-20(31-2)23(33-4)21(17-19)32-3/h16-18H,5-15H2,1-4H3,(H,25,29). The van der Waals surface area contributed by atoms with E-state index in [1.807, 2.05) is 4.90 Å².